The number of amides is 2. The van der Waals surface area contributed by atoms with E-state index < -0.39 is 11.7 Å². The van der Waals surface area contributed by atoms with Crippen LogP contribution in [0, 0.1) is 11.3 Å². The minimum Gasteiger partial charge on any atom is -0.334 e. The Kier molecular flexibility index (Phi) is 6.79. The molecule has 1 aliphatic carbocycles. The molecule has 3 aromatic rings. The zero-order chi connectivity index (χ0) is 27.1. The average molecular weight is 528 g/mol. The van der Waals surface area contributed by atoms with E-state index in [1.54, 1.807) is 23.2 Å². The normalized spacial score (nSPS) is 18.1. The van der Waals surface area contributed by atoms with Crippen LogP contribution in [0.2, 0.25) is 0 Å². The molecule has 1 aliphatic heterocycles. The van der Waals surface area contributed by atoms with Crippen molar-refractivity contribution in [1.82, 2.24) is 30.0 Å². The molecule has 2 amide bonds. The van der Waals surface area contributed by atoms with Crippen LogP contribution in [0.25, 0.3) is 11.3 Å². The summed E-state index contributed by atoms with van der Waals surface area (Å²) in [6, 6.07) is 5.70. The van der Waals surface area contributed by atoms with E-state index in [0.717, 1.165) is 25.3 Å². The molecular formula is C27H32F3N7O. The lowest BCUT2D eigenvalue weighted by Crippen LogP contribution is -2.39. The first kappa shape index (κ1) is 26.0. The molecule has 1 unspecified atom stereocenters. The lowest BCUT2D eigenvalue weighted by atomic mass is 9.80. The molecule has 2 aromatic heterocycles. The maximum atomic E-state index is 14.0. The molecule has 202 valence electrons. The molecule has 38 heavy (non-hydrogen) atoms. The third-order valence-corrected chi connectivity index (χ3v) is 7.28. The topological polar surface area (TPSA) is 88.0 Å². The molecule has 1 aromatic carbocycles. The molecule has 11 heteroatoms. The van der Waals surface area contributed by atoms with E-state index in [9.17, 15) is 18.0 Å². The van der Waals surface area contributed by atoms with Crippen molar-refractivity contribution < 1.29 is 18.0 Å². The van der Waals surface area contributed by atoms with Gasteiger partial charge in [-0.15, -0.1) is 0 Å². The van der Waals surface area contributed by atoms with Crippen LogP contribution in [0.3, 0.4) is 0 Å². The maximum absolute atomic E-state index is 14.0. The summed E-state index contributed by atoms with van der Waals surface area (Å²) in [7, 11) is 0. The van der Waals surface area contributed by atoms with Gasteiger partial charge >= 0.3 is 12.2 Å². The van der Waals surface area contributed by atoms with Crippen molar-refractivity contribution in [3.05, 3.63) is 54.0 Å². The van der Waals surface area contributed by atoms with Crippen molar-refractivity contribution in [2.75, 3.05) is 18.4 Å². The summed E-state index contributed by atoms with van der Waals surface area (Å²) in [5.41, 5.74) is 0.637. The van der Waals surface area contributed by atoms with Crippen molar-refractivity contribution in [2.24, 2.45) is 11.3 Å². The minimum absolute atomic E-state index is 0.000984. The van der Waals surface area contributed by atoms with Gasteiger partial charge in [-0.2, -0.15) is 18.3 Å². The minimum atomic E-state index is -4.59. The first-order chi connectivity index (χ1) is 18.0. The number of carbonyl (C=O) groups excluding carboxylic acids is 1. The Hall–Kier alpha value is -3.63. The number of aromatic nitrogens is 4. The van der Waals surface area contributed by atoms with Gasteiger partial charge in [0, 0.05) is 37.6 Å². The monoisotopic (exact) mass is 527 g/mol. The first-order valence-electron chi connectivity index (χ1n) is 12.8. The number of benzene rings is 1. The Balaban J connectivity index is 1.29. The van der Waals surface area contributed by atoms with Crippen molar-refractivity contribution in [2.45, 2.75) is 58.8 Å². The Morgan fingerprint density at radius 3 is 2.61 bits per heavy atom. The second-order valence-corrected chi connectivity index (χ2v) is 11.2. The smallest absolute Gasteiger partial charge is 0.334 e. The summed E-state index contributed by atoms with van der Waals surface area (Å²) >= 11 is 0. The Morgan fingerprint density at radius 1 is 1.13 bits per heavy atom. The number of hydrogen-bond donors (Lipinski definition) is 2. The molecule has 8 nitrogen and oxygen atoms in total. The number of carbonyl (C=O) groups is 1. The van der Waals surface area contributed by atoms with Crippen molar-refractivity contribution in [1.29, 1.82) is 0 Å². The molecule has 0 bridgehead atoms. The predicted molar refractivity (Wildman–Crippen MR) is 138 cm³/mol. The van der Waals surface area contributed by atoms with E-state index in [4.69, 9.17) is 0 Å². The van der Waals surface area contributed by atoms with Crippen LogP contribution in [0.1, 0.15) is 57.2 Å². The van der Waals surface area contributed by atoms with Gasteiger partial charge in [0.1, 0.15) is 0 Å². The van der Waals surface area contributed by atoms with Crippen LogP contribution in [-0.4, -0.2) is 43.8 Å². The standard InChI is InChI=1S/C27H32F3N7O/c1-26(2,3)19-9-11-36(15-19)25(38)32-13-18-5-4-17(12-22(18)27(28,29)30)23-8-10-31-24(35-23)34-20-14-33-37(16-20)21-6-7-21/h4-5,8,10,12,14,16,19,21H,6-7,9,11,13,15H2,1-3H3,(H,32,38)(H,31,34,35). The molecule has 1 saturated heterocycles. The highest BCUT2D eigenvalue weighted by atomic mass is 19.4. The van der Waals surface area contributed by atoms with Crippen LogP contribution < -0.4 is 10.6 Å². The molecule has 3 heterocycles. The van der Waals surface area contributed by atoms with Gasteiger partial charge in [-0.25, -0.2) is 14.8 Å². The number of hydrogen-bond acceptors (Lipinski definition) is 5. The van der Waals surface area contributed by atoms with Crippen LogP contribution >= 0.6 is 0 Å². The van der Waals surface area contributed by atoms with Crippen LogP contribution in [0.4, 0.5) is 29.6 Å². The SMILES string of the molecule is CC(C)(C)C1CCN(C(=O)NCc2ccc(-c3ccnc(Nc4cnn(C5CC5)c4)n3)cc2C(F)(F)F)C1. The van der Waals surface area contributed by atoms with E-state index in [2.05, 4.69) is 46.5 Å². The quantitative estimate of drug-likeness (QED) is 0.410. The molecule has 1 saturated carbocycles. The maximum Gasteiger partial charge on any atom is 0.416 e. The largest absolute Gasteiger partial charge is 0.416 e. The summed E-state index contributed by atoms with van der Waals surface area (Å²) < 4.78 is 43.9. The van der Waals surface area contributed by atoms with Gasteiger partial charge in [-0.1, -0.05) is 32.9 Å². The summed E-state index contributed by atoms with van der Waals surface area (Å²) in [6.07, 6.45) is 3.53. The Labute approximate surface area is 219 Å². The lowest BCUT2D eigenvalue weighted by molar-refractivity contribution is -0.138. The van der Waals surface area contributed by atoms with Crippen molar-refractivity contribution in [3.8, 4) is 11.3 Å². The second-order valence-electron chi connectivity index (χ2n) is 11.2. The van der Waals surface area contributed by atoms with Gasteiger partial charge in [0.15, 0.2) is 0 Å². The second kappa shape index (κ2) is 9.92. The van der Waals surface area contributed by atoms with E-state index in [-0.39, 0.29) is 29.5 Å². The van der Waals surface area contributed by atoms with Gasteiger partial charge < -0.3 is 15.5 Å². The molecule has 2 fully saturated rings. The fourth-order valence-corrected chi connectivity index (χ4v) is 4.74. The molecule has 0 spiro atoms. The van der Waals surface area contributed by atoms with Gasteiger partial charge in [0.25, 0.3) is 0 Å². The number of anilines is 2. The number of nitrogens with one attached hydrogen (secondary N) is 2. The van der Waals surface area contributed by atoms with Crippen LogP contribution in [-0.2, 0) is 12.7 Å². The van der Waals surface area contributed by atoms with Crippen LogP contribution in [0.15, 0.2) is 42.9 Å². The van der Waals surface area contributed by atoms with Crippen molar-refractivity contribution >= 4 is 17.7 Å². The summed E-state index contributed by atoms with van der Waals surface area (Å²) in [5.74, 6) is 0.627. The first-order valence-corrected chi connectivity index (χ1v) is 12.8. The lowest BCUT2D eigenvalue weighted by Gasteiger charge is -2.27. The summed E-state index contributed by atoms with van der Waals surface area (Å²) in [6.45, 7) is 7.39. The van der Waals surface area contributed by atoms with Gasteiger partial charge in [-0.3, -0.25) is 4.68 Å². The fourth-order valence-electron chi connectivity index (χ4n) is 4.74. The fraction of sp³-hybridized carbons (Fsp3) is 0.481. The molecule has 5 rings (SSSR count). The number of urea groups is 1. The third-order valence-electron chi connectivity index (χ3n) is 7.28. The highest BCUT2D eigenvalue weighted by Gasteiger charge is 2.36. The highest BCUT2D eigenvalue weighted by Crippen LogP contribution is 2.37. The molecule has 2 N–H and O–H groups in total. The molecular weight excluding hydrogens is 495 g/mol. The van der Waals surface area contributed by atoms with E-state index in [1.807, 2.05) is 10.9 Å². The van der Waals surface area contributed by atoms with Crippen LogP contribution in [0.5, 0.6) is 0 Å². The number of rotatable bonds is 6. The third kappa shape index (κ3) is 5.92. The zero-order valence-corrected chi connectivity index (χ0v) is 21.7. The molecule has 2 aliphatic rings. The summed E-state index contributed by atoms with van der Waals surface area (Å²) in [4.78, 5) is 23.0. The van der Waals surface area contributed by atoms with Gasteiger partial charge in [-0.05, 0) is 48.3 Å². The van der Waals surface area contributed by atoms with E-state index in [0.29, 0.717) is 42.0 Å². The number of nitrogens with zero attached hydrogens (tertiary/aromatic N) is 5. The van der Waals surface area contributed by atoms with Crippen molar-refractivity contribution in [3.63, 3.8) is 0 Å². The number of halogens is 3. The van der Waals surface area contributed by atoms with Gasteiger partial charge in [0.05, 0.1) is 29.2 Å². The molecule has 1 atom stereocenters. The van der Waals surface area contributed by atoms with Gasteiger partial charge in [0.2, 0.25) is 5.95 Å². The highest BCUT2D eigenvalue weighted by molar-refractivity contribution is 5.74. The summed E-state index contributed by atoms with van der Waals surface area (Å²) in [5, 5.41) is 10.1. The Bertz CT molecular complexity index is 1310. The van der Waals surface area contributed by atoms with E-state index in [1.165, 1.54) is 12.3 Å². The average Bonchev–Trinajstić information content (AvgIpc) is 3.38. The number of likely N-dealkylation sites (tertiary alicyclic amines) is 1. The van der Waals surface area contributed by atoms with E-state index >= 15 is 0 Å². The number of alkyl halides is 3. The molecule has 0 radical (unpaired) electrons. The predicted octanol–water partition coefficient (Wildman–Crippen LogP) is 6.02. The zero-order valence-electron chi connectivity index (χ0n) is 21.7. The Morgan fingerprint density at radius 2 is 1.92 bits per heavy atom.